The summed E-state index contributed by atoms with van der Waals surface area (Å²) < 4.78 is 58.6. The summed E-state index contributed by atoms with van der Waals surface area (Å²) in [6.45, 7) is 7.12. The number of nitrogens with zero attached hydrogens (tertiary/aromatic N) is 2. The van der Waals surface area contributed by atoms with Crippen LogP contribution in [-0.2, 0) is 13.1 Å². The van der Waals surface area contributed by atoms with E-state index in [1.807, 2.05) is 0 Å². The minimum absolute atomic E-state index is 0.0266. The van der Waals surface area contributed by atoms with Gasteiger partial charge in [0.1, 0.15) is 33.3 Å². The van der Waals surface area contributed by atoms with Crippen molar-refractivity contribution in [2.75, 3.05) is 0 Å². The predicted octanol–water partition coefficient (Wildman–Crippen LogP) is 7.44. The standard InChI is InChI=1S/C17H18ClF2NO2.C14H10ClF2NO2/c1-4-21-15(14-12(19)6-5-7-13(14)20)10(16(22)9(2)3)8-11(18)17(21)23;1-2-18-13(8(7-19)6-9(15)14(18)20)12-10(16)4-3-5-11(12)17/h5-9,16,22H,4H2,1-3H3;3-7H,2H2,1H3. The molecule has 0 saturated heterocycles. The molecule has 0 saturated carbocycles. The number of carbonyl (C=O) groups excluding carboxylic acids is 1. The molecule has 6 nitrogen and oxygen atoms in total. The monoisotopic (exact) mass is 638 g/mol. The Kier molecular flexibility index (Phi) is 11.1. The molecule has 4 aromatic rings. The smallest absolute Gasteiger partial charge is 0.269 e. The second-order valence-electron chi connectivity index (χ2n) is 9.69. The molecule has 0 amide bonds. The number of aromatic nitrogens is 2. The number of aldehydes is 1. The number of hydrogen-bond donors (Lipinski definition) is 1. The van der Waals surface area contributed by atoms with Crippen LogP contribution in [0.4, 0.5) is 17.6 Å². The fraction of sp³-hybridized carbons (Fsp3) is 0.258. The number of rotatable bonds is 7. The zero-order chi connectivity index (χ0) is 32.2. The van der Waals surface area contributed by atoms with E-state index in [9.17, 15) is 37.1 Å². The van der Waals surface area contributed by atoms with Crippen LogP contribution in [-0.4, -0.2) is 20.5 Å². The van der Waals surface area contributed by atoms with E-state index in [4.69, 9.17) is 23.2 Å². The Labute approximate surface area is 254 Å². The largest absolute Gasteiger partial charge is 0.388 e. The number of pyridine rings is 2. The van der Waals surface area contributed by atoms with Crippen molar-refractivity contribution in [3.05, 3.63) is 114 Å². The maximum absolute atomic E-state index is 14.3. The summed E-state index contributed by atoms with van der Waals surface area (Å²) in [5.41, 5.74) is -1.78. The van der Waals surface area contributed by atoms with Gasteiger partial charge in [-0.05, 0) is 56.2 Å². The fourth-order valence-electron chi connectivity index (χ4n) is 4.59. The first kappa shape index (κ1) is 33.8. The molecule has 0 bridgehead atoms. The topological polar surface area (TPSA) is 81.3 Å². The molecule has 0 radical (unpaired) electrons. The maximum atomic E-state index is 14.3. The number of aliphatic hydroxyl groups is 1. The van der Waals surface area contributed by atoms with E-state index in [1.54, 1.807) is 27.7 Å². The Hall–Kier alpha value is -3.73. The predicted molar refractivity (Wildman–Crippen MR) is 159 cm³/mol. The van der Waals surface area contributed by atoms with E-state index >= 15 is 0 Å². The third kappa shape index (κ3) is 6.76. The molecule has 12 heteroatoms. The third-order valence-corrected chi connectivity index (χ3v) is 7.20. The molecular formula is C31H28Cl2F4N2O4. The highest BCUT2D eigenvalue weighted by Gasteiger charge is 2.26. The summed E-state index contributed by atoms with van der Waals surface area (Å²) >= 11 is 11.7. The van der Waals surface area contributed by atoms with Gasteiger partial charge in [0.05, 0.1) is 28.6 Å². The van der Waals surface area contributed by atoms with Gasteiger partial charge in [0.2, 0.25) is 0 Å². The average Bonchev–Trinajstić information content (AvgIpc) is 2.96. The van der Waals surface area contributed by atoms with E-state index in [0.29, 0.717) is 6.29 Å². The van der Waals surface area contributed by atoms with Gasteiger partial charge in [-0.15, -0.1) is 0 Å². The minimum Gasteiger partial charge on any atom is -0.388 e. The van der Waals surface area contributed by atoms with Crippen molar-refractivity contribution in [1.82, 2.24) is 9.13 Å². The minimum atomic E-state index is -1.01. The van der Waals surface area contributed by atoms with Crippen molar-refractivity contribution >= 4 is 29.5 Å². The van der Waals surface area contributed by atoms with E-state index in [0.717, 1.165) is 34.9 Å². The van der Waals surface area contributed by atoms with Crippen LogP contribution in [0.2, 0.25) is 10.0 Å². The van der Waals surface area contributed by atoms with E-state index in [1.165, 1.54) is 22.8 Å². The highest BCUT2D eigenvalue weighted by atomic mass is 35.5. The molecule has 0 spiro atoms. The molecule has 2 aromatic heterocycles. The van der Waals surface area contributed by atoms with E-state index in [-0.39, 0.29) is 57.1 Å². The van der Waals surface area contributed by atoms with Gasteiger partial charge in [0.25, 0.3) is 11.1 Å². The van der Waals surface area contributed by atoms with Gasteiger partial charge in [-0.3, -0.25) is 14.4 Å². The van der Waals surface area contributed by atoms with Crippen molar-refractivity contribution < 1.29 is 27.5 Å². The molecule has 0 aliphatic heterocycles. The summed E-state index contributed by atoms with van der Waals surface area (Å²) in [6.07, 6.45) is -0.599. The zero-order valence-corrected chi connectivity index (χ0v) is 25.1. The molecule has 1 atom stereocenters. The fourth-order valence-corrected chi connectivity index (χ4v) is 5.03. The Morgan fingerprint density at radius 2 is 1.16 bits per heavy atom. The molecular weight excluding hydrogens is 611 g/mol. The van der Waals surface area contributed by atoms with Gasteiger partial charge >= 0.3 is 0 Å². The van der Waals surface area contributed by atoms with E-state index in [2.05, 4.69) is 0 Å². The van der Waals surface area contributed by atoms with Gasteiger partial charge in [-0.25, -0.2) is 17.6 Å². The molecule has 0 fully saturated rings. The summed E-state index contributed by atoms with van der Waals surface area (Å²) in [5, 5.41) is 10.2. The lowest BCUT2D eigenvalue weighted by molar-refractivity contribution is 0.112. The highest BCUT2D eigenvalue weighted by Crippen LogP contribution is 2.35. The molecule has 2 heterocycles. The van der Waals surface area contributed by atoms with Crippen LogP contribution >= 0.6 is 23.2 Å². The van der Waals surface area contributed by atoms with Crippen LogP contribution < -0.4 is 11.1 Å². The van der Waals surface area contributed by atoms with Crippen LogP contribution in [0.25, 0.3) is 22.5 Å². The quantitative estimate of drug-likeness (QED) is 0.169. The SMILES string of the molecule is CCn1c(-c2c(F)cccc2F)c(C(O)C(C)C)cc(Cl)c1=O.CCn1c(-c2c(F)cccc2F)c(C=O)cc(Cl)c1=O. The molecule has 228 valence electrons. The van der Waals surface area contributed by atoms with Crippen molar-refractivity contribution in [3.63, 3.8) is 0 Å². The number of aliphatic hydroxyl groups excluding tert-OH is 1. The van der Waals surface area contributed by atoms with Crippen LogP contribution in [0.3, 0.4) is 0 Å². The lowest BCUT2D eigenvalue weighted by atomic mass is 9.94. The Morgan fingerprint density at radius 1 is 0.767 bits per heavy atom. The van der Waals surface area contributed by atoms with Crippen molar-refractivity contribution in [1.29, 1.82) is 0 Å². The average molecular weight is 639 g/mol. The van der Waals surface area contributed by atoms with Crippen LogP contribution in [0.15, 0.2) is 58.1 Å². The second kappa shape index (κ2) is 14.2. The third-order valence-electron chi connectivity index (χ3n) is 6.66. The molecule has 0 aliphatic rings. The van der Waals surface area contributed by atoms with Crippen LogP contribution in [0.5, 0.6) is 0 Å². The molecule has 1 N–H and O–H groups in total. The van der Waals surface area contributed by atoms with Gasteiger partial charge < -0.3 is 14.2 Å². The lowest BCUT2D eigenvalue weighted by Gasteiger charge is -2.23. The van der Waals surface area contributed by atoms with Crippen molar-refractivity contribution in [2.45, 2.75) is 46.9 Å². The van der Waals surface area contributed by atoms with Crippen molar-refractivity contribution in [3.8, 4) is 22.5 Å². The first-order chi connectivity index (χ1) is 20.3. The molecule has 43 heavy (non-hydrogen) atoms. The van der Waals surface area contributed by atoms with Gasteiger partial charge in [-0.1, -0.05) is 49.2 Å². The zero-order valence-electron chi connectivity index (χ0n) is 23.6. The molecule has 0 aliphatic carbocycles. The highest BCUT2D eigenvalue weighted by molar-refractivity contribution is 6.31. The maximum Gasteiger partial charge on any atom is 0.269 e. The number of hydrogen-bond acceptors (Lipinski definition) is 4. The van der Waals surface area contributed by atoms with Crippen molar-refractivity contribution in [2.24, 2.45) is 5.92 Å². The first-order valence-corrected chi connectivity index (χ1v) is 13.9. The summed E-state index contributed by atoms with van der Waals surface area (Å²) in [6, 6.07) is 9.21. The Bertz CT molecular complexity index is 1750. The normalized spacial score (nSPS) is 11.7. The van der Waals surface area contributed by atoms with Crippen LogP contribution in [0, 0.1) is 29.2 Å². The Balaban J connectivity index is 0.000000238. The number of halogens is 6. The number of benzene rings is 2. The first-order valence-electron chi connectivity index (χ1n) is 13.2. The lowest BCUT2D eigenvalue weighted by Crippen LogP contribution is -2.25. The van der Waals surface area contributed by atoms with Crippen LogP contribution in [0.1, 0.15) is 49.7 Å². The van der Waals surface area contributed by atoms with Gasteiger partial charge in [0, 0.05) is 24.2 Å². The number of carbonyl (C=O) groups is 1. The Morgan fingerprint density at radius 3 is 1.56 bits per heavy atom. The summed E-state index contributed by atoms with van der Waals surface area (Å²) in [5.74, 6) is -3.52. The molecule has 1 unspecified atom stereocenters. The van der Waals surface area contributed by atoms with Gasteiger partial charge in [-0.2, -0.15) is 0 Å². The van der Waals surface area contributed by atoms with Gasteiger partial charge in [0.15, 0.2) is 6.29 Å². The van der Waals surface area contributed by atoms with E-state index < -0.39 is 46.1 Å². The second-order valence-corrected chi connectivity index (χ2v) is 10.5. The molecule has 4 rings (SSSR count). The molecule has 2 aromatic carbocycles. The summed E-state index contributed by atoms with van der Waals surface area (Å²) in [7, 11) is 0. The summed E-state index contributed by atoms with van der Waals surface area (Å²) in [4.78, 5) is 35.4.